The number of aromatic nitrogens is 4. The van der Waals surface area contributed by atoms with Crippen molar-refractivity contribution in [2.24, 2.45) is 0 Å². The van der Waals surface area contributed by atoms with Crippen molar-refractivity contribution in [1.29, 1.82) is 0 Å². The second kappa shape index (κ2) is 9.97. The SMILES string of the molecule is O=C(NCCO)c1cnc(-c2cnc3c(Nc4ccc(C(F)(F)F)cc4)ccnc3n2)c(CF)c1. The molecule has 1 aromatic carbocycles. The van der Waals surface area contributed by atoms with Gasteiger partial charge in [-0.1, -0.05) is 0 Å². The number of hydrogen-bond donors (Lipinski definition) is 3. The van der Waals surface area contributed by atoms with Crippen LogP contribution in [0.3, 0.4) is 0 Å². The Morgan fingerprint density at radius 2 is 1.80 bits per heavy atom. The van der Waals surface area contributed by atoms with Gasteiger partial charge in [0.2, 0.25) is 0 Å². The molecule has 0 fully saturated rings. The van der Waals surface area contributed by atoms with E-state index in [2.05, 4.69) is 30.6 Å². The molecule has 180 valence electrons. The average Bonchev–Trinajstić information content (AvgIpc) is 2.86. The van der Waals surface area contributed by atoms with Gasteiger partial charge in [0.05, 0.1) is 35.3 Å². The van der Waals surface area contributed by atoms with E-state index in [1.807, 2.05) is 0 Å². The quantitative estimate of drug-likeness (QED) is 0.338. The van der Waals surface area contributed by atoms with Crippen LogP contribution in [-0.2, 0) is 12.9 Å². The molecule has 35 heavy (non-hydrogen) atoms. The number of amides is 1. The molecule has 8 nitrogen and oxygen atoms in total. The molecule has 3 N–H and O–H groups in total. The molecule has 0 unspecified atom stereocenters. The minimum Gasteiger partial charge on any atom is -0.395 e. The van der Waals surface area contributed by atoms with Gasteiger partial charge in [-0.2, -0.15) is 13.2 Å². The lowest BCUT2D eigenvalue weighted by Gasteiger charge is -2.12. The molecule has 0 bridgehead atoms. The van der Waals surface area contributed by atoms with Gasteiger partial charge < -0.3 is 15.7 Å². The molecule has 4 rings (SSSR count). The summed E-state index contributed by atoms with van der Waals surface area (Å²) in [6.45, 7) is -1.09. The van der Waals surface area contributed by atoms with E-state index in [1.165, 1.54) is 36.8 Å². The van der Waals surface area contributed by atoms with Crippen LogP contribution in [0.15, 0.2) is 55.0 Å². The molecule has 0 atom stereocenters. The lowest BCUT2D eigenvalue weighted by atomic mass is 10.1. The van der Waals surface area contributed by atoms with Gasteiger partial charge in [-0.3, -0.25) is 9.78 Å². The molecule has 0 spiro atoms. The Morgan fingerprint density at radius 1 is 1.03 bits per heavy atom. The summed E-state index contributed by atoms with van der Waals surface area (Å²) < 4.78 is 52.1. The lowest BCUT2D eigenvalue weighted by molar-refractivity contribution is -0.137. The van der Waals surface area contributed by atoms with Crippen LogP contribution < -0.4 is 10.6 Å². The molecular formula is C23H18F4N6O2. The average molecular weight is 486 g/mol. The van der Waals surface area contributed by atoms with E-state index in [0.717, 1.165) is 12.1 Å². The van der Waals surface area contributed by atoms with Gasteiger partial charge in [-0.05, 0) is 36.4 Å². The second-order valence-corrected chi connectivity index (χ2v) is 7.33. The van der Waals surface area contributed by atoms with E-state index >= 15 is 0 Å². The normalized spacial score (nSPS) is 11.5. The van der Waals surface area contributed by atoms with Crippen molar-refractivity contribution in [3.63, 3.8) is 0 Å². The summed E-state index contributed by atoms with van der Waals surface area (Å²) in [5.41, 5.74) is 1.32. The summed E-state index contributed by atoms with van der Waals surface area (Å²) in [5, 5.41) is 14.3. The Bertz CT molecular complexity index is 1360. The number of rotatable bonds is 7. The Labute approximate surface area is 196 Å². The number of fused-ring (bicyclic) bond motifs is 1. The van der Waals surface area contributed by atoms with Crippen molar-refractivity contribution in [2.75, 3.05) is 18.5 Å². The van der Waals surface area contributed by atoms with Crippen LogP contribution in [0.4, 0.5) is 28.9 Å². The maximum atomic E-state index is 13.7. The Kier molecular flexibility index (Phi) is 6.82. The fourth-order valence-electron chi connectivity index (χ4n) is 3.27. The minimum atomic E-state index is -4.43. The number of alkyl halides is 4. The van der Waals surface area contributed by atoms with Crippen molar-refractivity contribution in [3.8, 4) is 11.4 Å². The number of nitrogens with zero attached hydrogens (tertiary/aromatic N) is 4. The fraction of sp³-hybridized carbons (Fsp3) is 0.174. The number of aliphatic hydroxyl groups is 1. The predicted molar refractivity (Wildman–Crippen MR) is 120 cm³/mol. The molecular weight excluding hydrogens is 468 g/mol. The number of benzene rings is 1. The number of nitrogens with one attached hydrogen (secondary N) is 2. The highest BCUT2D eigenvalue weighted by molar-refractivity contribution is 5.94. The van der Waals surface area contributed by atoms with Crippen LogP contribution >= 0.6 is 0 Å². The third-order valence-electron chi connectivity index (χ3n) is 4.95. The standard InChI is InChI=1S/C23H18F4N6O2/c24-10-13-9-14(22(35)29-7-8-34)11-30-19(13)18-12-31-20-17(5-6-28-21(20)33-18)32-16-3-1-15(2-4-16)23(25,26)27/h1-6,9,11-12,34H,7-8,10H2,(H,29,35)(H,28,32,33). The summed E-state index contributed by atoms with van der Waals surface area (Å²) in [5.74, 6) is -0.502. The molecule has 3 heterocycles. The van der Waals surface area contributed by atoms with Crippen molar-refractivity contribution >= 4 is 28.4 Å². The van der Waals surface area contributed by atoms with Gasteiger partial charge in [0.15, 0.2) is 5.65 Å². The fourth-order valence-corrected chi connectivity index (χ4v) is 3.27. The topological polar surface area (TPSA) is 113 Å². The minimum absolute atomic E-state index is 0.0518. The summed E-state index contributed by atoms with van der Waals surface area (Å²) in [6, 6.07) is 7.47. The first-order valence-electron chi connectivity index (χ1n) is 10.3. The number of carbonyl (C=O) groups is 1. The maximum absolute atomic E-state index is 13.7. The van der Waals surface area contributed by atoms with Crippen molar-refractivity contribution in [3.05, 3.63) is 71.7 Å². The first-order valence-corrected chi connectivity index (χ1v) is 10.3. The zero-order chi connectivity index (χ0) is 25.0. The van der Waals surface area contributed by atoms with Gasteiger partial charge in [0, 0.05) is 30.2 Å². The van der Waals surface area contributed by atoms with E-state index in [9.17, 15) is 22.4 Å². The highest BCUT2D eigenvalue weighted by Crippen LogP contribution is 2.31. The van der Waals surface area contributed by atoms with Crippen LogP contribution in [-0.4, -0.2) is 44.1 Å². The largest absolute Gasteiger partial charge is 0.416 e. The zero-order valence-corrected chi connectivity index (χ0v) is 18.0. The molecule has 0 aliphatic carbocycles. The highest BCUT2D eigenvalue weighted by atomic mass is 19.4. The van der Waals surface area contributed by atoms with Crippen LogP contribution in [0.1, 0.15) is 21.5 Å². The third kappa shape index (κ3) is 5.32. The number of pyridine rings is 2. The van der Waals surface area contributed by atoms with Crippen LogP contribution in [0.5, 0.6) is 0 Å². The molecule has 0 aliphatic heterocycles. The molecule has 1 amide bonds. The van der Waals surface area contributed by atoms with E-state index < -0.39 is 24.3 Å². The third-order valence-corrected chi connectivity index (χ3v) is 4.95. The predicted octanol–water partition coefficient (Wildman–Crippen LogP) is 4.04. The Hall–Kier alpha value is -4.19. The number of anilines is 2. The zero-order valence-electron chi connectivity index (χ0n) is 18.0. The molecule has 0 saturated heterocycles. The Morgan fingerprint density at radius 3 is 2.49 bits per heavy atom. The van der Waals surface area contributed by atoms with Crippen molar-refractivity contribution < 1.29 is 27.5 Å². The first kappa shape index (κ1) is 24.0. The Balaban J connectivity index is 1.63. The molecule has 4 aromatic rings. The summed E-state index contributed by atoms with van der Waals surface area (Å²) in [4.78, 5) is 29.2. The number of carbonyl (C=O) groups excluding carboxylic acids is 1. The lowest BCUT2D eigenvalue weighted by Crippen LogP contribution is -2.26. The summed E-state index contributed by atoms with van der Waals surface area (Å²) in [6.07, 6.45) is -0.346. The van der Waals surface area contributed by atoms with Crippen LogP contribution in [0.2, 0.25) is 0 Å². The van der Waals surface area contributed by atoms with E-state index in [1.54, 1.807) is 6.07 Å². The van der Waals surface area contributed by atoms with Crippen molar-refractivity contribution in [1.82, 2.24) is 25.3 Å². The second-order valence-electron chi connectivity index (χ2n) is 7.33. The number of halogens is 4. The number of aliphatic hydroxyl groups excluding tert-OH is 1. The molecule has 0 saturated carbocycles. The molecule has 3 aromatic heterocycles. The van der Waals surface area contributed by atoms with E-state index in [-0.39, 0.29) is 41.3 Å². The van der Waals surface area contributed by atoms with E-state index in [4.69, 9.17) is 5.11 Å². The van der Waals surface area contributed by atoms with Gasteiger partial charge in [-0.25, -0.2) is 19.3 Å². The molecule has 12 heteroatoms. The van der Waals surface area contributed by atoms with Crippen LogP contribution in [0, 0.1) is 0 Å². The van der Waals surface area contributed by atoms with Crippen LogP contribution in [0.25, 0.3) is 22.6 Å². The van der Waals surface area contributed by atoms with Gasteiger partial charge >= 0.3 is 6.18 Å². The van der Waals surface area contributed by atoms with Gasteiger partial charge in [-0.15, -0.1) is 0 Å². The molecule has 0 aliphatic rings. The first-order chi connectivity index (χ1) is 16.8. The smallest absolute Gasteiger partial charge is 0.395 e. The summed E-state index contributed by atoms with van der Waals surface area (Å²) >= 11 is 0. The van der Waals surface area contributed by atoms with E-state index in [0.29, 0.717) is 16.9 Å². The molecule has 0 radical (unpaired) electrons. The highest BCUT2D eigenvalue weighted by Gasteiger charge is 2.30. The monoisotopic (exact) mass is 486 g/mol. The van der Waals surface area contributed by atoms with Gasteiger partial charge in [0.1, 0.15) is 17.9 Å². The summed E-state index contributed by atoms with van der Waals surface area (Å²) in [7, 11) is 0. The maximum Gasteiger partial charge on any atom is 0.416 e. The number of hydrogen-bond acceptors (Lipinski definition) is 7. The van der Waals surface area contributed by atoms with Crippen molar-refractivity contribution in [2.45, 2.75) is 12.9 Å². The van der Waals surface area contributed by atoms with Gasteiger partial charge in [0.25, 0.3) is 5.91 Å².